The summed E-state index contributed by atoms with van der Waals surface area (Å²) in [5.41, 5.74) is 2.05. The van der Waals surface area contributed by atoms with Gasteiger partial charge >= 0.3 is 0 Å². The monoisotopic (exact) mass is 341 g/mol. The van der Waals surface area contributed by atoms with Gasteiger partial charge in [-0.25, -0.2) is 0 Å². The van der Waals surface area contributed by atoms with Crippen molar-refractivity contribution in [3.8, 4) is 5.69 Å². The molecule has 0 saturated heterocycles. The molecule has 0 atom stereocenters. The maximum atomic E-state index is 12.3. The molecule has 1 aromatic heterocycles. The smallest absolute Gasteiger partial charge is 0.255 e. The molecular weight excluding hydrogens is 322 g/mol. The largest absolute Gasteiger partial charge is 0.322 e. The van der Waals surface area contributed by atoms with E-state index in [1.807, 2.05) is 56.5 Å². The van der Waals surface area contributed by atoms with E-state index in [4.69, 9.17) is 0 Å². The van der Waals surface area contributed by atoms with Crippen LogP contribution in [0.5, 0.6) is 0 Å². The van der Waals surface area contributed by atoms with E-state index in [0.29, 0.717) is 10.7 Å². The van der Waals surface area contributed by atoms with Gasteiger partial charge in [0.1, 0.15) is 0 Å². The van der Waals surface area contributed by atoms with Gasteiger partial charge in [0.15, 0.2) is 0 Å². The van der Waals surface area contributed by atoms with Crippen molar-refractivity contribution in [3.05, 3.63) is 60.2 Å². The molecule has 1 heterocycles. The topological polar surface area (TPSA) is 72.7 Å². The lowest BCUT2D eigenvalue weighted by molar-refractivity contribution is 0.102. The minimum atomic E-state index is -0.174. The first-order valence-corrected chi connectivity index (χ1v) is 8.79. The second-order valence-corrected chi connectivity index (χ2v) is 5.22. The van der Waals surface area contributed by atoms with Crippen molar-refractivity contribution in [3.63, 3.8) is 0 Å². The minimum absolute atomic E-state index is 0.174. The van der Waals surface area contributed by atoms with Crippen molar-refractivity contribution in [2.45, 2.75) is 19.0 Å². The number of carbonyl (C=O) groups excluding carboxylic acids is 1. The Morgan fingerprint density at radius 1 is 1.08 bits per heavy atom. The molecule has 0 unspecified atom stereocenters. The summed E-state index contributed by atoms with van der Waals surface area (Å²) in [6.07, 6.45) is 1.90. The van der Waals surface area contributed by atoms with Gasteiger partial charge in [-0.1, -0.05) is 49.9 Å². The van der Waals surface area contributed by atoms with E-state index in [1.54, 1.807) is 22.9 Å². The molecule has 2 aromatic carbocycles. The molecule has 0 aliphatic carbocycles. The maximum Gasteiger partial charge on any atom is 0.255 e. The van der Waals surface area contributed by atoms with Crippen LogP contribution in [-0.2, 0) is 0 Å². The highest BCUT2D eigenvalue weighted by atomic mass is 32.2. The SMILES string of the molecule is CC.CSc1nnnn1-c1cccc(C(=O)Nc2ccccc2)c1. The Morgan fingerprint density at radius 3 is 2.54 bits per heavy atom. The molecule has 1 N–H and O–H groups in total. The molecule has 0 fully saturated rings. The molecule has 0 radical (unpaired) electrons. The summed E-state index contributed by atoms with van der Waals surface area (Å²) < 4.78 is 1.60. The van der Waals surface area contributed by atoms with Gasteiger partial charge in [-0.2, -0.15) is 4.68 Å². The van der Waals surface area contributed by atoms with Crippen molar-refractivity contribution < 1.29 is 4.79 Å². The molecule has 0 saturated carbocycles. The highest BCUT2D eigenvalue weighted by Crippen LogP contribution is 2.17. The molecular formula is C17H19N5OS. The van der Waals surface area contributed by atoms with E-state index in [2.05, 4.69) is 20.8 Å². The highest BCUT2D eigenvalue weighted by Gasteiger charge is 2.11. The number of amides is 1. The molecule has 0 spiro atoms. The average molecular weight is 341 g/mol. The lowest BCUT2D eigenvalue weighted by atomic mass is 10.2. The van der Waals surface area contributed by atoms with E-state index in [0.717, 1.165) is 11.4 Å². The first kappa shape index (κ1) is 17.7. The predicted molar refractivity (Wildman–Crippen MR) is 96.7 cm³/mol. The van der Waals surface area contributed by atoms with Crippen LogP contribution in [0.4, 0.5) is 5.69 Å². The number of rotatable bonds is 4. The molecule has 124 valence electrons. The lowest BCUT2D eigenvalue weighted by Gasteiger charge is -2.07. The van der Waals surface area contributed by atoms with Gasteiger partial charge in [0.2, 0.25) is 5.16 Å². The van der Waals surface area contributed by atoms with Crippen LogP contribution in [0.3, 0.4) is 0 Å². The van der Waals surface area contributed by atoms with E-state index in [9.17, 15) is 4.79 Å². The standard InChI is InChI=1S/C15H13N5OS.C2H6/c1-22-15-17-18-19-20(15)13-9-5-6-11(10-13)14(21)16-12-7-3-2-4-8-12;1-2/h2-10H,1H3,(H,16,21);1-2H3. The van der Waals surface area contributed by atoms with Crippen LogP contribution < -0.4 is 5.32 Å². The predicted octanol–water partition coefficient (Wildman–Crippen LogP) is 3.66. The van der Waals surface area contributed by atoms with Crippen molar-refractivity contribution in [2.24, 2.45) is 0 Å². The highest BCUT2D eigenvalue weighted by molar-refractivity contribution is 7.98. The zero-order valence-electron chi connectivity index (χ0n) is 13.8. The summed E-state index contributed by atoms with van der Waals surface area (Å²) >= 11 is 1.44. The summed E-state index contributed by atoms with van der Waals surface area (Å²) in [6.45, 7) is 4.00. The molecule has 3 aromatic rings. The molecule has 0 bridgehead atoms. The number of para-hydroxylation sites is 1. The Labute approximate surface area is 145 Å². The van der Waals surface area contributed by atoms with Crippen molar-refractivity contribution in [1.82, 2.24) is 20.2 Å². The van der Waals surface area contributed by atoms with Crippen molar-refractivity contribution in [2.75, 3.05) is 11.6 Å². The van der Waals surface area contributed by atoms with Crippen LogP contribution in [-0.4, -0.2) is 32.4 Å². The number of carbonyl (C=O) groups is 1. The van der Waals surface area contributed by atoms with Gasteiger partial charge in [0, 0.05) is 11.3 Å². The fourth-order valence-corrected chi connectivity index (χ4v) is 2.40. The van der Waals surface area contributed by atoms with Gasteiger partial charge in [-0.05, 0) is 47.0 Å². The summed E-state index contributed by atoms with van der Waals surface area (Å²) in [5, 5.41) is 15.0. The number of hydrogen-bond acceptors (Lipinski definition) is 5. The van der Waals surface area contributed by atoms with Crippen LogP contribution in [0, 0.1) is 0 Å². The van der Waals surface area contributed by atoms with Crippen molar-refractivity contribution >= 4 is 23.4 Å². The Kier molecular flexibility index (Phi) is 6.51. The second kappa shape index (κ2) is 8.83. The zero-order chi connectivity index (χ0) is 17.4. The normalized spacial score (nSPS) is 9.79. The molecule has 1 amide bonds. The Balaban J connectivity index is 0.00000100. The van der Waals surface area contributed by atoms with Gasteiger partial charge in [0.05, 0.1) is 5.69 Å². The van der Waals surface area contributed by atoms with Crippen molar-refractivity contribution in [1.29, 1.82) is 0 Å². The Morgan fingerprint density at radius 2 is 1.83 bits per heavy atom. The van der Waals surface area contributed by atoms with Crippen LogP contribution >= 0.6 is 11.8 Å². The summed E-state index contributed by atoms with van der Waals surface area (Å²) in [6, 6.07) is 16.5. The van der Waals surface area contributed by atoms with E-state index in [1.165, 1.54) is 11.8 Å². The number of aromatic nitrogens is 4. The number of benzene rings is 2. The number of tetrazole rings is 1. The third-order valence-corrected chi connectivity index (χ3v) is 3.63. The average Bonchev–Trinajstić information content (AvgIpc) is 3.13. The molecule has 24 heavy (non-hydrogen) atoms. The van der Waals surface area contributed by atoms with Gasteiger partial charge in [0.25, 0.3) is 5.91 Å². The summed E-state index contributed by atoms with van der Waals surface area (Å²) in [4.78, 5) is 12.3. The fraction of sp³-hybridized carbons (Fsp3) is 0.176. The molecule has 0 aliphatic heterocycles. The second-order valence-electron chi connectivity index (χ2n) is 4.45. The first-order chi connectivity index (χ1) is 11.8. The quantitative estimate of drug-likeness (QED) is 0.733. The zero-order valence-corrected chi connectivity index (χ0v) is 14.6. The van der Waals surface area contributed by atoms with E-state index < -0.39 is 0 Å². The Bertz CT molecular complexity index is 788. The molecule has 3 rings (SSSR count). The third-order valence-electron chi connectivity index (χ3n) is 3.01. The van der Waals surface area contributed by atoms with Gasteiger partial charge in [-0.15, -0.1) is 5.10 Å². The number of hydrogen-bond donors (Lipinski definition) is 1. The van der Waals surface area contributed by atoms with Gasteiger partial charge < -0.3 is 5.32 Å². The van der Waals surface area contributed by atoms with Gasteiger partial charge in [-0.3, -0.25) is 4.79 Å². The number of anilines is 1. The van der Waals surface area contributed by atoms with Crippen LogP contribution in [0.2, 0.25) is 0 Å². The molecule has 7 heteroatoms. The summed E-state index contributed by atoms with van der Waals surface area (Å²) in [7, 11) is 0. The fourth-order valence-electron chi connectivity index (χ4n) is 1.97. The lowest BCUT2D eigenvalue weighted by Crippen LogP contribution is -2.12. The third kappa shape index (κ3) is 4.20. The van der Waals surface area contributed by atoms with E-state index >= 15 is 0 Å². The van der Waals surface area contributed by atoms with Crippen LogP contribution in [0.25, 0.3) is 5.69 Å². The molecule has 6 nitrogen and oxygen atoms in total. The number of nitrogens with zero attached hydrogens (tertiary/aromatic N) is 4. The van der Waals surface area contributed by atoms with Crippen LogP contribution in [0.15, 0.2) is 59.8 Å². The maximum absolute atomic E-state index is 12.3. The molecule has 0 aliphatic rings. The Hall–Kier alpha value is -2.67. The van der Waals surface area contributed by atoms with Crippen LogP contribution in [0.1, 0.15) is 24.2 Å². The first-order valence-electron chi connectivity index (χ1n) is 7.57. The number of nitrogens with one attached hydrogen (secondary N) is 1. The minimum Gasteiger partial charge on any atom is -0.322 e. The number of thioether (sulfide) groups is 1. The van der Waals surface area contributed by atoms with E-state index in [-0.39, 0.29) is 5.91 Å². The summed E-state index contributed by atoms with van der Waals surface area (Å²) in [5.74, 6) is -0.174.